The van der Waals surface area contributed by atoms with Crippen molar-refractivity contribution in [1.82, 2.24) is 25.0 Å². The van der Waals surface area contributed by atoms with E-state index in [-0.39, 0.29) is 0 Å². The van der Waals surface area contributed by atoms with E-state index in [9.17, 15) is 0 Å². The Kier molecular flexibility index (Phi) is 5.98. The second kappa shape index (κ2) is 8.61. The average molecular weight is 373 g/mol. The van der Waals surface area contributed by atoms with Crippen LogP contribution in [0.5, 0.6) is 0 Å². The summed E-state index contributed by atoms with van der Waals surface area (Å²) in [5.41, 5.74) is 0.526. The molecule has 1 aromatic rings. The maximum Gasteiger partial charge on any atom is 0.194 e. The smallest absolute Gasteiger partial charge is 0.194 e. The third-order valence-electron chi connectivity index (χ3n) is 6.93. The van der Waals surface area contributed by atoms with Gasteiger partial charge in [0.05, 0.1) is 6.54 Å². The molecule has 150 valence electrons. The standard InChI is InChI=1S/C21H36N6/c1-22-20(23-16-19-25-24-18-10-5-4-8-15-27(18)19)26-14-9-13-21(17-26)11-6-2-3-7-12-21/h2-17H2,1H3,(H,22,23). The lowest BCUT2D eigenvalue weighted by Gasteiger charge is -2.44. The number of fused-ring (bicyclic) bond motifs is 1. The first-order chi connectivity index (χ1) is 13.3. The van der Waals surface area contributed by atoms with Crippen molar-refractivity contribution in [3.63, 3.8) is 0 Å². The molecule has 1 spiro atoms. The summed E-state index contributed by atoms with van der Waals surface area (Å²) in [5.74, 6) is 3.27. The molecule has 1 N–H and O–H groups in total. The molecule has 2 fully saturated rings. The average Bonchev–Trinajstić information content (AvgIpc) is 2.85. The number of guanidine groups is 1. The van der Waals surface area contributed by atoms with Gasteiger partial charge in [-0.25, -0.2) is 0 Å². The van der Waals surface area contributed by atoms with Gasteiger partial charge in [-0.05, 0) is 43.9 Å². The normalized spacial score (nSPS) is 23.6. The van der Waals surface area contributed by atoms with Gasteiger partial charge in [0.2, 0.25) is 0 Å². The first kappa shape index (κ1) is 18.8. The van der Waals surface area contributed by atoms with E-state index in [1.54, 1.807) is 0 Å². The van der Waals surface area contributed by atoms with Crippen LogP contribution in [0.3, 0.4) is 0 Å². The van der Waals surface area contributed by atoms with E-state index < -0.39 is 0 Å². The number of hydrogen-bond acceptors (Lipinski definition) is 3. The number of nitrogens with zero attached hydrogens (tertiary/aromatic N) is 5. The van der Waals surface area contributed by atoms with Crippen LogP contribution >= 0.6 is 0 Å². The Labute approximate surface area is 163 Å². The van der Waals surface area contributed by atoms with Crippen LogP contribution < -0.4 is 5.32 Å². The molecule has 3 aliphatic rings. The molecule has 0 radical (unpaired) electrons. The Morgan fingerprint density at radius 2 is 1.74 bits per heavy atom. The van der Waals surface area contributed by atoms with E-state index in [0.717, 1.165) is 43.7 Å². The fourth-order valence-electron chi connectivity index (χ4n) is 5.44. The molecule has 27 heavy (non-hydrogen) atoms. The lowest BCUT2D eigenvalue weighted by atomic mass is 9.74. The summed E-state index contributed by atoms with van der Waals surface area (Å²) in [6.45, 7) is 4.08. The highest BCUT2D eigenvalue weighted by atomic mass is 15.3. The summed E-state index contributed by atoms with van der Waals surface area (Å²) >= 11 is 0. The number of aryl methyl sites for hydroxylation is 1. The van der Waals surface area contributed by atoms with E-state index in [0.29, 0.717) is 5.41 Å². The predicted molar refractivity (Wildman–Crippen MR) is 109 cm³/mol. The number of likely N-dealkylation sites (tertiary alicyclic amines) is 1. The summed E-state index contributed by atoms with van der Waals surface area (Å²) in [4.78, 5) is 7.13. The lowest BCUT2D eigenvalue weighted by Crippen LogP contribution is -2.50. The minimum absolute atomic E-state index is 0.526. The highest BCUT2D eigenvalue weighted by molar-refractivity contribution is 5.80. The Morgan fingerprint density at radius 3 is 2.56 bits per heavy atom. The van der Waals surface area contributed by atoms with Gasteiger partial charge in [-0.2, -0.15) is 0 Å². The third kappa shape index (κ3) is 4.30. The lowest BCUT2D eigenvalue weighted by molar-refractivity contribution is 0.115. The van der Waals surface area contributed by atoms with Gasteiger partial charge in [0, 0.05) is 33.1 Å². The van der Waals surface area contributed by atoms with Gasteiger partial charge in [0.15, 0.2) is 11.8 Å². The highest BCUT2D eigenvalue weighted by Crippen LogP contribution is 2.42. The van der Waals surface area contributed by atoms with Gasteiger partial charge >= 0.3 is 0 Å². The summed E-state index contributed by atoms with van der Waals surface area (Å²) in [6.07, 6.45) is 16.0. The number of nitrogens with one attached hydrogen (secondary N) is 1. The van der Waals surface area contributed by atoms with Crippen molar-refractivity contribution < 1.29 is 0 Å². The minimum atomic E-state index is 0.526. The molecule has 2 aliphatic heterocycles. The fraction of sp³-hybridized carbons (Fsp3) is 0.857. The number of rotatable bonds is 2. The second-order valence-electron chi connectivity index (χ2n) is 8.83. The van der Waals surface area contributed by atoms with Gasteiger partial charge in [-0.15, -0.1) is 10.2 Å². The first-order valence-electron chi connectivity index (χ1n) is 11.2. The molecule has 4 rings (SSSR count). The Morgan fingerprint density at radius 1 is 0.963 bits per heavy atom. The largest absolute Gasteiger partial charge is 0.349 e. The van der Waals surface area contributed by atoms with Crippen LogP contribution in [-0.4, -0.2) is 45.8 Å². The SMILES string of the molecule is CN=C(NCc1nnc2n1CCCCC2)N1CCCC2(CCCCCC2)C1. The Balaban J connectivity index is 1.40. The summed E-state index contributed by atoms with van der Waals surface area (Å²) < 4.78 is 2.33. The molecule has 6 heteroatoms. The third-order valence-corrected chi connectivity index (χ3v) is 6.93. The molecule has 0 amide bonds. The quantitative estimate of drug-likeness (QED) is 0.637. The van der Waals surface area contributed by atoms with Crippen molar-refractivity contribution in [2.24, 2.45) is 10.4 Å². The van der Waals surface area contributed by atoms with Crippen LogP contribution in [0.2, 0.25) is 0 Å². The minimum Gasteiger partial charge on any atom is -0.349 e. The maximum absolute atomic E-state index is 4.62. The molecule has 0 bridgehead atoms. The molecule has 1 saturated carbocycles. The van der Waals surface area contributed by atoms with Crippen LogP contribution in [0, 0.1) is 5.41 Å². The van der Waals surface area contributed by atoms with Crippen LogP contribution in [0.25, 0.3) is 0 Å². The van der Waals surface area contributed by atoms with Crippen molar-refractivity contribution >= 4 is 5.96 Å². The zero-order chi connectivity index (χ0) is 18.5. The number of piperidine rings is 1. The van der Waals surface area contributed by atoms with E-state index >= 15 is 0 Å². The summed E-state index contributed by atoms with van der Waals surface area (Å²) in [7, 11) is 1.92. The van der Waals surface area contributed by atoms with Crippen molar-refractivity contribution in [2.75, 3.05) is 20.1 Å². The molecule has 0 aromatic carbocycles. The zero-order valence-electron chi connectivity index (χ0n) is 17.0. The van der Waals surface area contributed by atoms with Gasteiger partial charge in [-0.1, -0.05) is 32.1 Å². The van der Waals surface area contributed by atoms with Crippen molar-refractivity contribution in [3.8, 4) is 0 Å². The molecule has 1 aliphatic carbocycles. The van der Waals surface area contributed by atoms with Crippen LogP contribution in [-0.2, 0) is 19.5 Å². The number of hydrogen-bond donors (Lipinski definition) is 1. The molecule has 6 nitrogen and oxygen atoms in total. The Bertz CT molecular complexity index is 641. The topological polar surface area (TPSA) is 58.3 Å². The van der Waals surface area contributed by atoms with Gasteiger partial charge in [0.1, 0.15) is 5.82 Å². The number of aromatic nitrogens is 3. The van der Waals surface area contributed by atoms with E-state index in [1.807, 2.05) is 7.05 Å². The van der Waals surface area contributed by atoms with E-state index in [1.165, 1.54) is 77.2 Å². The number of aliphatic imine (C=N–C) groups is 1. The van der Waals surface area contributed by atoms with Gasteiger partial charge in [-0.3, -0.25) is 4.99 Å². The highest BCUT2D eigenvalue weighted by Gasteiger charge is 2.36. The van der Waals surface area contributed by atoms with Gasteiger partial charge in [0.25, 0.3) is 0 Å². The van der Waals surface area contributed by atoms with Crippen LogP contribution in [0.4, 0.5) is 0 Å². The molecule has 0 atom stereocenters. The van der Waals surface area contributed by atoms with Crippen LogP contribution in [0.1, 0.15) is 82.3 Å². The second-order valence-corrected chi connectivity index (χ2v) is 8.83. The van der Waals surface area contributed by atoms with Crippen molar-refractivity contribution in [2.45, 2.75) is 90.1 Å². The fourth-order valence-corrected chi connectivity index (χ4v) is 5.44. The molecule has 1 aromatic heterocycles. The summed E-state index contributed by atoms with van der Waals surface area (Å²) in [6, 6.07) is 0. The predicted octanol–water partition coefficient (Wildman–Crippen LogP) is 3.52. The Hall–Kier alpha value is -1.59. The molecule has 1 saturated heterocycles. The monoisotopic (exact) mass is 372 g/mol. The van der Waals surface area contributed by atoms with Gasteiger partial charge < -0.3 is 14.8 Å². The van der Waals surface area contributed by atoms with E-state index in [2.05, 4.69) is 30.0 Å². The summed E-state index contributed by atoms with van der Waals surface area (Å²) in [5, 5.41) is 12.5. The van der Waals surface area contributed by atoms with Crippen molar-refractivity contribution in [1.29, 1.82) is 0 Å². The first-order valence-corrected chi connectivity index (χ1v) is 11.2. The zero-order valence-corrected chi connectivity index (χ0v) is 17.0. The molecule has 3 heterocycles. The van der Waals surface area contributed by atoms with Crippen molar-refractivity contribution in [3.05, 3.63) is 11.6 Å². The molecular weight excluding hydrogens is 336 g/mol. The molecular formula is C21H36N6. The molecule has 0 unspecified atom stereocenters. The van der Waals surface area contributed by atoms with Crippen LogP contribution in [0.15, 0.2) is 4.99 Å². The maximum atomic E-state index is 4.62. The van der Waals surface area contributed by atoms with E-state index in [4.69, 9.17) is 0 Å².